The smallest absolute Gasteiger partial charge is 0.326 e. The highest BCUT2D eigenvalue weighted by molar-refractivity contribution is 6.07. The average Bonchev–Trinajstić information content (AvgIpc) is 3.43. The summed E-state index contributed by atoms with van der Waals surface area (Å²) < 4.78 is 10.8. The van der Waals surface area contributed by atoms with Crippen molar-refractivity contribution in [2.45, 2.75) is 19.0 Å². The normalized spacial score (nSPS) is 22.7. The molecule has 0 radical (unpaired) electrons. The molecule has 3 aromatic carbocycles. The third kappa shape index (κ3) is 3.88. The third-order valence-electron chi connectivity index (χ3n) is 7.31. The molecule has 0 aromatic heterocycles. The minimum absolute atomic E-state index is 0.161. The number of nitrogens with one attached hydrogen (secondary N) is 1. The Morgan fingerprint density at radius 2 is 1.63 bits per heavy atom. The van der Waals surface area contributed by atoms with E-state index in [0.29, 0.717) is 17.1 Å². The fourth-order valence-electron chi connectivity index (χ4n) is 5.19. The molecule has 0 aliphatic carbocycles. The highest BCUT2D eigenvalue weighted by Crippen LogP contribution is 2.38. The van der Waals surface area contributed by atoms with Gasteiger partial charge in [0.25, 0.3) is 5.91 Å². The molecule has 1 atom stereocenters. The minimum atomic E-state index is -1.13. The molecule has 8 nitrogen and oxygen atoms in total. The predicted octanol–water partition coefficient (Wildman–Crippen LogP) is 3.11. The molecule has 3 aliphatic heterocycles. The van der Waals surface area contributed by atoms with Gasteiger partial charge in [0.05, 0.1) is 6.67 Å². The van der Waals surface area contributed by atoms with Crippen LogP contribution < -0.4 is 14.8 Å². The number of ether oxygens (including phenoxy) is 2. The standard InChI is InChI=1S/C27H28N4O4/c1-27(21-9-10-23-24(15-21)35-18-34-23)25(32)31(26(33)28-27)17-30-13-11-29(12-14-30)16-20-7-4-6-19-5-2-3-8-22(19)20/h2-10,15H,11-14,16-18H2,1H3,(H,28,33)/t27-/m0/s1. The fourth-order valence-corrected chi connectivity index (χ4v) is 5.19. The van der Waals surface area contributed by atoms with E-state index in [9.17, 15) is 9.59 Å². The Morgan fingerprint density at radius 3 is 2.49 bits per heavy atom. The van der Waals surface area contributed by atoms with Crippen LogP contribution in [-0.4, -0.2) is 66.3 Å². The molecule has 3 amide bonds. The Bertz CT molecular complexity index is 1300. The van der Waals surface area contributed by atoms with Gasteiger partial charge in [-0.25, -0.2) is 9.69 Å². The SMILES string of the molecule is C[C@@]1(c2ccc3c(c2)OCO3)NC(=O)N(CN2CCN(Cc3cccc4ccccc34)CC2)C1=O. The number of rotatable bonds is 5. The zero-order valence-corrected chi connectivity index (χ0v) is 19.7. The first-order valence-corrected chi connectivity index (χ1v) is 12.0. The van der Waals surface area contributed by atoms with Crippen molar-refractivity contribution in [3.63, 3.8) is 0 Å². The second-order valence-electron chi connectivity index (χ2n) is 9.53. The Kier molecular flexibility index (Phi) is 5.35. The summed E-state index contributed by atoms with van der Waals surface area (Å²) in [7, 11) is 0. The maximum atomic E-state index is 13.4. The van der Waals surface area contributed by atoms with Gasteiger partial charge in [-0.3, -0.25) is 14.6 Å². The molecule has 3 aromatic rings. The molecule has 0 bridgehead atoms. The van der Waals surface area contributed by atoms with Gasteiger partial charge in [0.1, 0.15) is 5.54 Å². The van der Waals surface area contributed by atoms with E-state index in [4.69, 9.17) is 9.47 Å². The summed E-state index contributed by atoms with van der Waals surface area (Å²) >= 11 is 0. The van der Waals surface area contributed by atoms with Crippen molar-refractivity contribution in [3.05, 3.63) is 71.8 Å². The minimum Gasteiger partial charge on any atom is -0.454 e. The molecular formula is C27H28N4O4. The number of imide groups is 1. The molecule has 1 N–H and O–H groups in total. The van der Waals surface area contributed by atoms with E-state index in [1.807, 2.05) is 0 Å². The van der Waals surface area contributed by atoms with Crippen molar-refractivity contribution < 1.29 is 19.1 Å². The molecule has 0 saturated carbocycles. The maximum absolute atomic E-state index is 13.4. The summed E-state index contributed by atoms with van der Waals surface area (Å²) in [5, 5.41) is 5.44. The number of amides is 3. The van der Waals surface area contributed by atoms with Crippen LogP contribution in [-0.2, 0) is 16.9 Å². The van der Waals surface area contributed by atoms with Gasteiger partial charge in [0.2, 0.25) is 6.79 Å². The molecular weight excluding hydrogens is 444 g/mol. The van der Waals surface area contributed by atoms with Crippen LogP contribution in [0.25, 0.3) is 10.8 Å². The molecule has 2 fully saturated rings. The van der Waals surface area contributed by atoms with E-state index in [1.165, 1.54) is 21.2 Å². The number of hydrogen-bond acceptors (Lipinski definition) is 6. The lowest BCUT2D eigenvalue weighted by Crippen LogP contribution is -2.51. The molecule has 3 aliphatic rings. The van der Waals surface area contributed by atoms with Crippen LogP contribution >= 0.6 is 0 Å². The third-order valence-corrected chi connectivity index (χ3v) is 7.31. The van der Waals surface area contributed by atoms with Crippen LogP contribution in [0.2, 0.25) is 0 Å². The van der Waals surface area contributed by atoms with Crippen LogP contribution in [0.1, 0.15) is 18.1 Å². The van der Waals surface area contributed by atoms with Crippen molar-refractivity contribution >= 4 is 22.7 Å². The zero-order chi connectivity index (χ0) is 24.0. The molecule has 0 spiro atoms. The number of carbonyl (C=O) groups is 2. The highest BCUT2D eigenvalue weighted by Gasteiger charge is 2.49. The van der Waals surface area contributed by atoms with Crippen molar-refractivity contribution in [2.75, 3.05) is 39.6 Å². The van der Waals surface area contributed by atoms with Gasteiger partial charge in [-0.05, 0) is 41.0 Å². The fraction of sp³-hybridized carbons (Fsp3) is 0.333. The second kappa shape index (κ2) is 8.55. The quantitative estimate of drug-likeness (QED) is 0.576. The first-order chi connectivity index (χ1) is 17.0. The summed E-state index contributed by atoms with van der Waals surface area (Å²) in [5.74, 6) is 0.985. The van der Waals surface area contributed by atoms with E-state index >= 15 is 0 Å². The molecule has 2 saturated heterocycles. The van der Waals surface area contributed by atoms with Gasteiger partial charge in [-0.2, -0.15) is 0 Å². The van der Waals surface area contributed by atoms with Crippen molar-refractivity contribution in [1.82, 2.24) is 20.0 Å². The number of hydrogen-bond donors (Lipinski definition) is 1. The van der Waals surface area contributed by atoms with Crippen LogP contribution in [0.5, 0.6) is 11.5 Å². The largest absolute Gasteiger partial charge is 0.454 e. The predicted molar refractivity (Wildman–Crippen MR) is 131 cm³/mol. The number of nitrogens with zero attached hydrogens (tertiary/aromatic N) is 3. The van der Waals surface area contributed by atoms with Crippen molar-refractivity contribution in [2.24, 2.45) is 0 Å². The van der Waals surface area contributed by atoms with Gasteiger partial charge >= 0.3 is 6.03 Å². The van der Waals surface area contributed by atoms with E-state index in [1.54, 1.807) is 25.1 Å². The van der Waals surface area contributed by atoms with Crippen LogP contribution in [0, 0.1) is 0 Å². The average molecular weight is 473 g/mol. The Labute approximate surface area is 204 Å². The van der Waals surface area contributed by atoms with Crippen LogP contribution in [0.3, 0.4) is 0 Å². The maximum Gasteiger partial charge on any atom is 0.326 e. The number of benzene rings is 3. The van der Waals surface area contributed by atoms with E-state index in [0.717, 1.165) is 32.7 Å². The number of urea groups is 1. The Balaban J connectivity index is 1.09. The van der Waals surface area contributed by atoms with E-state index in [-0.39, 0.29) is 25.4 Å². The Morgan fingerprint density at radius 1 is 0.886 bits per heavy atom. The summed E-state index contributed by atoms with van der Waals surface area (Å²) in [6.07, 6.45) is 0. The summed E-state index contributed by atoms with van der Waals surface area (Å²) in [5.41, 5.74) is 0.876. The molecule has 6 rings (SSSR count). The summed E-state index contributed by atoms with van der Waals surface area (Å²) in [4.78, 5) is 32.1. The lowest BCUT2D eigenvalue weighted by atomic mass is 9.92. The molecule has 0 unspecified atom stereocenters. The molecule has 35 heavy (non-hydrogen) atoms. The van der Waals surface area contributed by atoms with E-state index in [2.05, 4.69) is 57.6 Å². The summed E-state index contributed by atoms with van der Waals surface area (Å²) in [6.45, 7) is 6.43. The first kappa shape index (κ1) is 21.9. The van der Waals surface area contributed by atoms with Crippen molar-refractivity contribution in [3.8, 4) is 11.5 Å². The van der Waals surface area contributed by atoms with Gasteiger partial charge in [0.15, 0.2) is 11.5 Å². The van der Waals surface area contributed by atoms with E-state index < -0.39 is 5.54 Å². The zero-order valence-electron chi connectivity index (χ0n) is 19.7. The van der Waals surface area contributed by atoms with Crippen LogP contribution in [0.4, 0.5) is 4.79 Å². The summed E-state index contributed by atoms with van der Waals surface area (Å²) in [6, 6.07) is 19.9. The number of piperazine rings is 1. The monoisotopic (exact) mass is 472 g/mol. The van der Waals surface area contributed by atoms with Gasteiger partial charge in [-0.1, -0.05) is 48.5 Å². The Hall–Kier alpha value is -3.62. The first-order valence-electron chi connectivity index (χ1n) is 12.0. The number of fused-ring (bicyclic) bond motifs is 2. The van der Waals surface area contributed by atoms with Crippen molar-refractivity contribution in [1.29, 1.82) is 0 Å². The molecule has 8 heteroatoms. The van der Waals surface area contributed by atoms with Crippen LogP contribution in [0.15, 0.2) is 60.7 Å². The second-order valence-corrected chi connectivity index (χ2v) is 9.53. The van der Waals surface area contributed by atoms with Gasteiger partial charge in [0, 0.05) is 32.7 Å². The molecule has 3 heterocycles. The lowest BCUT2D eigenvalue weighted by Gasteiger charge is -2.36. The molecule has 180 valence electrons. The lowest BCUT2D eigenvalue weighted by molar-refractivity contribution is -0.132. The number of carbonyl (C=O) groups excluding carboxylic acids is 2. The van der Waals surface area contributed by atoms with Gasteiger partial charge < -0.3 is 14.8 Å². The van der Waals surface area contributed by atoms with Gasteiger partial charge in [-0.15, -0.1) is 0 Å². The topological polar surface area (TPSA) is 74.4 Å². The highest BCUT2D eigenvalue weighted by atomic mass is 16.7.